The van der Waals surface area contributed by atoms with Crippen LogP contribution < -0.4 is 10.6 Å². The summed E-state index contributed by atoms with van der Waals surface area (Å²) in [6.45, 7) is 4.16. The van der Waals surface area contributed by atoms with Crippen molar-refractivity contribution in [3.05, 3.63) is 0 Å². The quantitative estimate of drug-likeness (QED) is 0.278. The van der Waals surface area contributed by atoms with Gasteiger partial charge in [-0.2, -0.15) is 0 Å². The van der Waals surface area contributed by atoms with Gasteiger partial charge in [-0.25, -0.2) is 0 Å². The number of carboxylic acid groups (broad SMARTS) is 1. The number of aliphatic carboxylic acids is 1. The molecule has 0 fully saturated rings. The lowest BCUT2D eigenvalue weighted by Gasteiger charge is -2.08. The van der Waals surface area contributed by atoms with Crippen LogP contribution >= 0.6 is 0 Å². The second-order valence-corrected chi connectivity index (χ2v) is 7.68. The van der Waals surface area contributed by atoms with Crippen LogP contribution in [0.15, 0.2) is 0 Å². The topological polar surface area (TPSA) is 95.5 Å². The van der Waals surface area contributed by atoms with Crippen LogP contribution in [-0.4, -0.2) is 35.5 Å². The second-order valence-electron chi connectivity index (χ2n) is 7.68. The molecular formula is C22H42N2O4. The summed E-state index contributed by atoms with van der Waals surface area (Å²) in [6.07, 6.45) is 16.4. The molecule has 0 rings (SSSR count). The molecule has 0 saturated carbocycles. The van der Waals surface area contributed by atoms with E-state index >= 15 is 0 Å². The van der Waals surface area contributed by atoms with Gasteiger partial charge in [-0.1, -0.05) is 70.6 Å². The standard InChI is InChI=1S/C22H42N2O4/c1-3-23-20(25)17-15-13-11-9-7-5-4-6-8-10-12-14-16-18-21(26)24-19(2)22(27)28/h19H,3-18H2,1-2H3,(H,23,25)(H,24,26)(H,27,28). The third-order valence-corrected chi connectivity index (χ3v) is 4.93. The first-order valence-corrected chi connectivity index (χ1v) is 11.3. The molecule has 0 spiro atoms. The van der Waals surface area contributed by atoms with Crippen molar-refractivity contribution < 1.29 is 19.5 Å². The average molecular weight is 399 g/mol. The van der Waals surface area contributed by atoms with Crippen molar-refractivity contribution in [2.24, 2.45) is 0 Å². The summed E-state index contributed by atoms with van der Waals surface area (Å²) >= 11 is 0. The summed E-state index contributed by atoms with van der Waals surface area (Å²) in [7, 11) is 0. The molecule has 0 aliphatic heterocycles. The second kappa shape index (κ2) is 18.8. The zero-order valence-corrected chi connectivity index (χ0v) is 18.1. The number of carbonyl (C=O) groups is 3. The summed E-state index contributed by atoms with van der Waals surface area (Å²) in [5.74, 6) is -0.984. The Morgan fingerprint density at radius 3 is 1.39 bits per heavy atom. The largest absolute Gasteiger partial charge is 0.480 e. The predicted octanol–water partition coefficient (Wildman–Crippen LogP) is 4.56. The van der Waals surface area contributed by atoms with Gasteiger partial charge in [0.15, 0.2) is 0 Å². The van der Waals surface area contributed by atoms with Gasteiger partial charge >= 0.3 is 5.97 Å². The lowest BCUT2D eigenvalue weighted by molar-refractivity contribution is -0.141. The Balaban J connectivity index is 3.23. The van der Waals surface area contributed by atoms with Gasteiger partial charge in [0.2, 0.25) is 11.8 Å². The summed E-state index contributed by atoms with van der Waals surface area (Å²) < 4.78 is 0. The number of unbranched alkanes of at least 4 members (excludes halogenated alkanes) is 12. The number of carbonyl (C=O) groups excluding carboxylic acids is 2. The lowest BCUT2D eigenvalue weighted by atomic mass is 10.0. The number of hydrogen-bond donors (Lipinski definition) is 3. The van der Waals surface area contributed by atoms with Gasteiger partial charge in [0.1, 0.15) is 6.04 Å². The maximum absolute atomic E-state index is 11.5. The zero-order chi connectivity index (χ0) is 21.0. The van der Waals surface area contributed by atoms with Crippen LogP contribution in [0, 0.1) is 0 Å². The first-order valence-electron chi connectivity index (χ1n) is 11.3. The van der Waals surface area contributed by atoms with Gasteiger partial charge in [0.25, 0.3) is 0 Å². The van der Waals surface area contributed by atoms with Crippen LogP contribution in [0.3, 0.4) is 0 Å². The van der Waals surface area contributed by atoms with E-state index in [1.807, 2.05) is 6.92 Å². The molecule has 164 valence electrons. The third kappa shape index (κ3) is 17.8. The molecule has 28 heavy (non-hydrogen) atoms. The first kappa shape index (κ1) is 26.4. The van der Waals surface area contributed by atoms with E-state index in [1.54, 1.807) is 0 Å². The fourth-order valence-electron chi connectivity index (χ4n) is 3.18. The number of hydrogen-bond acceptors (Lipinski definition) is 3. The van der Waals surface area contributed by atoms with Crippen molar-refractivity contribution >= 4 is 17.8 Å². The minimum absolute atomic E-state index is 0.167. The fraction of sp³-hybridized carbons (Fsp3) is 0.864. The van der Waals surface area contributed by atoms with Crippen molar-refractivity contribution in [2.45, 2.75) is 116 Å². The van der Waals surface area contributed by atoms with Gasteiger partial charge < -0.3 is 15.7 Å². The number of rotatable bonds is 19. The van der Waals surface area contributed by atoms with E-state index in [-0.39, 0.29) is 11.8 Å². The molecule has 3 N–H and O–H groups in total. The van der Waals surface area contributed by atoms with Gasteiger partial charge in [-0.15, -0.1) is 0 Å². The molecule has 0 aromatic heterocycles. The maximum atomic E-state index is 11.5. The molecule has 0 heterocycles. The van der Waals surface area contributed by atoms with Crippen LogP contribution in [0.2, 0.25) is 0 Å². The molecule has 6 nitrogen and oxygen atoms in total. The molecule has 0 aromatic carbocycles. The fourth-order valence-corrected chi connectivity index (χ4v) is 3.18. The molecule has 1 atom stereocenters. The summed E-state index contributed by atoms with van der Waals surface area (Å²) in [5.41, 5.74) is 0. The van der Waals surface area contributed by atoms with Crippen LogP contribution in [0.4, 0.5) is 0 Å². The molecule has 0 radical (unpaired) electrons. The van der Waals surface area contributed by atoms with Gasteiger partial charge in [-0.3, -0.25) is 14.4 Å². The smallest absolute Gasteiger partial charge is 0.325 e. The van der Waals surface area contributed by atoms with Crippen molar-refractivity contribution in [3.63, 3.8) is 0 Å². The lowest BCUT2D eigenvalue weighted by Crippen LogP contribution is -2.38. The number of amides is 2. The van der Waals surface area contributed by atoms with Gasteiger partial charge in [-0.05, 0) is 26.7 Å². The Bertz CT molecular complexity index is 427. The van der Waals surface area contributed by atoms with Crippen LogP contribution in [0.25, 0.3) is 0 Å². The zero-order valence-electron chi connectivity index (χ0n) is 18.1. The highest BCUT2D eigenvalue weighted by Crippen LogP contribution is 2.13. The Morgan fingerprint density at radius 1 is 0.679 bits per heavy atom. The molecule has 1 unspecified atom stereocenters. The highest BCUT2D eigenvalue weighted by atomic mass is 16.4. The minimum Gasteiger partial charge on any atom is -0.480 e. The summed E-state index contributed by atoms with van der Waals surface area (Å²) in [5, 5.41) is 14.0. The minimum atomic E-state index is -0.996. The van der Waals surface area contributed by atoms with E-state index in [0.717, 1.165) is 38.6 Å². The van der Waals surface area contributed by atoms with E-state index in [4.69, 9.17) is 5.11 Å². The van der Waals surface area contributed by atoms with Crippen molar-refractivity contribution in [1.29, 1.82) is 0 Å². The van der Waals surface area contributed by atoms with Gasteiger partial charge in [0, 0.05) is 19.4 Å². The van der Waals surface area contributed by atoms with Crippen LogP contribution in [0.5, 0.6) is 0 Å². The van der Waals surface area contributed by atoms with E-state index in [1.165, 1.54) is 58.3 Å². The van der Waals surface area contributed by atoms with Crippen LogP contribution in [-0.2, 0) is 14.4 Å². The first-order chi connectivity index (χ1) is 13.5. The van der Waals surface area contributed by atoms with Crippen molar-refractivity contribution in [3.8, 4) is 0 Å². The maximum Gasteiger partial charge on any atom is 0.325 e. The summed E-state index contributed by atoms with van der Waals surface area (Å²) in [6, 6.07) is -0.806. The molecule has 0 saturated heterocycles. The Labute approximate surface area is 171 Å². The SMILES string of the molecule is CCNC(=O)CCCCCCCCCCCCCCCC(=O)NC(C)C(=O)O. The predicted molar refractivity (Wildman–Crippen MR) is 113 cm³/mol. The Kier molecular flexibility index (Phi) is 17.7. The van der Waals surface area contributed by atoms with Crippen LogP contribution in [0.1, 0.15) is 110 Å². The Hall–Kier alpha value is -1.59. The average Bonchev–Trinajstić information content (AvgIpc) is 2.64. The molecule has 6 heteroatoms. The van der Waals surface area contributed by atoms with E-state index in [0.29, 0.717) is 12.8 Å². The molecule has 0 bridgehead atoms. The van der Waals surface area contributed by atoms with Crippen molar-refractivity contribution in [1.82, 2.24) is 10.6 Å². The van der Waals surface area contributed by atoms with Gasteiger partial charge in [0.05, 0.1) is 0 Å². The molecule has 0 aromatic rings. The molecule has 0 aliphatic rings. The van der Waals surface area contributed by atoms with E-state index < -0.39 is 12.0 Å². The van der Waals surface area contributed by atoms with Crippen molar-refractivity contribution in [2.75, 3.05) is 6.54 Å². The van der Waals surface area contributed by atoms with E-state index in [2.05, 4.69) is 10.6 Å². The number of nitrogens with one attached hydrogen (secondary N) is 2. The normalized spacial score (nSPS) is 11.8. The molecule has 0 aliphatic carbocycles. The van der Waals surface area contributed by atoms with E-state index in [9.17, 15) is 14.4 Å². The molecule has 2 amide bonds. The summed E-state index contributed by atoms with van der Waals surface area (Å²) in [4.78, 5) is 33.5. The number of carboxylic acids is 1. The highest BCUT2D eigenvalue weighted by Gasteiger charge is 2.13. The Morgan fingerprint density at radius 2 is 1.04 bits per heavy atom. The highest BCUT2D eigenvalue weighted by molar-refractivity contribution is 5.83. The third-order valence-electron chi connectivity index (χ3n) is 4.93. The molecular weight excluding hydrogens is 356 g/mol. The monoisotopic (exact) mass is 398 g/mol.